The Bertz CT molecular complexity index is 820. The van der Waals surface area contributed by atoms with Crippen molar-refractivity contribution in [3.63, 3.8) is 0 Å². The van der Waals surface area contributed by atoms with Crippen LogP contribution in [-0.4, -0.2) is 32.7 Å². The topological polar surface area (TPSA) is 66.5 Å². The van der Waals surface area contributed by atoms with E-state index in [1.165, 1.54) is 37.5 Å². The second kappa shape index (κ2) is 7.32. The molecule has 0 aromatic heterocycles. The third kappa shape index (κ3) is 4.04. The van der Waals surface area contributed by atoms with Crippen molar-refractivity contribution in [3.05, 3.63) is 30.1 Å². The minimum absolute atomic E-state index is 0.0102. The van der Waals surface area contributed by atoms with E-state index in [4.69, 9.17) is 0 Å². The molecule has 4 fully saturated rings. The van der Waals surface area contributed by atoms with Crippen LogP contribution in [0.25, 0.3) is 0 Å². The highest BCUT2D eigenvalue weighted by atomic mass is 32.2. The molecule has 154 valence electrons. The highest BCUT2D eigenvalue weighted by Gasteiger charge is 2.51. The van der Waals surface area contributed by atoms with Crippen molar-refractivity contribution in [1.29, 1.82) is 0 Å². The van der Waals surface area contributed by atoms with Gasteiger partial charge < -0.3 is 5.32 Å². The molecule has 4 bridgehead atoms. The van der Waals surface area contributed by atoms with Gasteiger partial charge in [0.1, 0.15) is 5.82 Å². The van der Waals surface area contributed by atoms with Crippen molar-refractivity contribution in [2.24, 2.45) is 17.8 Å². The largest absolute Gasteiger partial charge is 0.351 e. The molecule has 1 aromatic carbocycles. The lowest BCUT2D eigenvalue weighted by molar-refractivity contribution is -0.126. The van der Waals surface area contributed by atoms with Gasteiger partial charge in [0.2, 0.25) is 15.9 Å². The molecular formula is C21H29FN2O3S. The number of nitrogens with one attached hydrogen (secondary N) is 1. The van der Waals surface area contributed by atoms with Gasteiger partial charge in [-0.25, -0.2) is 12.8 Å². The number of anilines is 1. The van der Waals surface area contributed by atoms with Crippen molar-refractivity contribution in [1.82, 2.24) is 5.32 Å². The number of rotatable bonds is 7. The predicted molar refractivity (Wildman–Crippen MR) is 107 cm³/mol. The molecule has 0 aliphatic heterocycles. The Morgan fingerprint density at radius 1 is 1.14 bits per heavy atom. The van der Waals surface area contributed by atoms with Gasteiger partial charge in [-0.2, -0.15) is 0 Å². The maximum Gasteiger partial charge on any atom is 0.232 e. The highest BCUT2D eigenvalue weighted by Crippen LogP contribution is 2.55. The van der Waals surface area contributed by atoms with Gasteiger partial charge in [-0.15, -0.1) is 0 Å². The molecule has 4 saturated carbocycles. The summed E-state index contributed by atoms with van der Waals surface area (Å²) in [6.45, 7) is 0.0913. The number of benzene rings is 1. The number of hydrogen-bond donors (Lipinski definition) is 1. The van der Waals surface area contributed by atoms with Gasteiger partial charge in [-0.05, 0) is 74.8 Å². The fraction of sp³-hybridized carbons (Fsp3) is 0.667. The van der Waals surface area contributed by atoms with Crippen LogP contribution in [0.4, 0.5) is 10.1 Å². The lowest BCUT2D eigenvalue weighted by atomic mass is 9.53. The molecular weight excluding hydrogens is 379 g/mol. The first-order valence-corrected chi connectivity index (χ1v) is 12.1. The lowest BCUT2D eigenvalue weighted by Crippen LogP contribution is -2.59. The molecule has 5 nitrogen and oxygen atoms in total. The van der Waals surface area contributed by atoms with Crippen molar-refractivity contribution in [2.45, 2.75) is 56.9 Å². The Kier molecular flexibility index (Phi) is 5.14. The number of carbonyl (C=O) groups is 1. The van der Waals surface area contributed by atoms with Crippen molar-refractivity contribution >= 4 is 21.6 Å². The van der Waals surface area contributed by atoms with Crippen LogP contribution in [0.1, 0.15) is 51.4 Å². The van der Waals surface area contributed by atoms with E-state index in [1.54, 1.807) is 6.07 Å². The molecule has 1 amide bonds. The monoisotopic (exact) mass is 408 g/mol. The molecule has 1 aromatic rings. The number of para-hydroxylation sites is 1. The van der Waals surface area contributed by atoms with Crippen LogP contribution in [0.3, 0.4) is 0 Å². The first-order valence-electron chi connectivity index (χ1n) is 10.3. The maximum atomic E-state index is 14.1. The van der Waals surface area contributed by atoms with E-state index in [-0.39, 0.29) is 30.1 Å². The molecule has 4 aliphatic carbocycles. The van der Waals surface area contributed by atoms with Crippen LogP contribution in [-0.2, 0) is 14.8 Å². The quantitative estimate of drug-likeness (QED) is 0.751. The average molecular weight is 409 g/mol. The third-order valence-electron chi connectivity index (χ3n) is 6.73. The first-order chi connectivity index (χ1) is 13.2. The fourth-order valence-electron chi connectivity index (χ4n) is 6.12. The molecule has 0 atom stereocenters. The van der Waals surface area contributed by atoms with Crippen LogP contribution in [0.15, 0.2) is 24.3 Å². The maximum absolute atomic E-state index is 14.1. The number of hydrogen-bond acceptors (Lipinski definition) is 3. The number of amides is 1. The summed E-state index contributed by atoms with van der Waals surface area (Å²) in [6.07, 6.45) is 8.92. The number of halogens is 1. The Balaban J connectivity index is 1.35. The Morgan fingerprint density at radius 2 is 1.71 bits per heavy atom. The average Bonchev–Trinajstić information content (AvgIpc) is 2.57. The zero-order chi connectivity index (χ0) is 19.9. The van der Waals surface area contributed by atoms with Gasteiger partial charge in [0, 0.05) is 18.5 Å². The van der Waals surface area contributed by atoms with Crippen molar-refractivity contribution < 1.29 is 17.6 Å². The summed E-state index contributed by atoms with van der Waals surface area (Å²) in [5.74, 6) is 1.69. The normalized spacial score (nSPS) is 31.0. The van der Waals surface area contributed by atoms with E-state index < -0.39 is 15.8 Å². The Morgan fingerprint density at radius 3 is 2.25 bits per heavy atom. The molecule has 0 radical (unpaired) electrons. The fourth-order valence-corrected chi connectivity index (χ4v) is 7.09. The van der Waals surface area contributed by atoms with Crippen molar-refractivity contribution in [2.75, 3.05) is 17.1 Å². The zero-order valence-electron chi connectivity index (χ0n) is 16.4. The van der Waals surface area contributed by atoms with Gasteiger partial charge in [0.15, 0.2) is 0 Å². The standard InChI is InChI=1S/C21H29FN2O3S/c1-28(26,27)24(19-6-3-2-5-18(19)22)8-4-7-20(25)23-21-12-15-9-16(13-21)11-17(10-15)14-21/h2-3,5-6,15-17H,4,7-14H2,1H3,(H,23,25). The van der Waals surface area contributed by atoms with Crippen LogP contribution in [0.2, 0.25) is 0 Å². The van der Waals surface area contributed by atoms with Crippen LogP contribution in [0, 0.1) is 23.6 Å². The van der Waals surface area contributed by atoms with Crippen molar-refractivity contribution in [3.8, 4) is 0 Å². The van der Waals surface area contributed by atoms with E-state index in [0.717, 1.165) is 47.6 Å². The van der Waals surface area contributed by atoms with Gasteiger partial charge >= 0.3 is 0 Å². The SMILES string of the molecule is CS(=O)(=O)N(CCCC(=O)NC12CC3CC(CC(C3)C1)C2)c1ccccc1F. The molecule has 0 unspecified atom stereocenters. The van der Waals surface area contributed by atoms with Gasteiger partial charge in [0.25, 0.3) is 0 Å². The van der Waals surface area contributed by atoms with Crippen LogP contribution >= 0.6 is 0 Å². The second-order valence-corrected chi connectivity index (χ2v) is 11.0. The molecule has 4 aliphatic rings. The minimum Gasteiger partial charge on any atom is -0.351 e. The van der Waals surface area contributed by atoms with E-state index in [2.05, 4.69) is 5.32 Å². The molecule has 0 heterocycles. The summed E-state index contributed by atoms with van der Waals surface area (Å²) in [5, 5.41) is 3.31. The summed E-state index contributed by atoms with van der Waals surface area (Å²) in [6, 6.07) is 5.83. The molecule has 7 heteroatoms. The van der Waals surface area contributed by atoms with E-state index >= 15 is 0 Å². The Labute approximate surface area is 166 Å². The zero-order valence-corrected chi connectivity index (χ0v) is 17.2. The summed E-state index contributed by atoms with van der Waals surface area (Å²) in [4.78, 5) is 12.6. The molecule has 5 rings (SSSR count). The van der Waals surface area contributed by atoms with E-state index in [1.807, 2.05) is 0 Å². The van der Waals surface area contributed by atoms with E-state index in [0.29, 0.717) is 6.42 Å². The molecule has 0 saturated heterocycles. The van der Waals surface area contributed by atoms with E-state index in [9.17, 15) is 17.6 Å². The summed E-state index contributed by atoms with van der Waals surface area (Å²) < 4.78 is 39.4. The third-order valence-corrected chi connectivity index (χ3v) is 7.91. The first kappa shape index (κ1) is 19.7. The van der Waals surface area contributed by atoms with Crippen LogP contribution < -0.4 is 9.62 Å². The van der Waals surface area contributed by atoms with Gasteiger partial charge in [-0.3, -0.25) is 9.10 Å². The summed E-state index contributed by atoms with van der Waals surface area (Å²) in [5.41, 5.74) is -0.0000487. The molecule has 28 heavy (non-hydrogen) atoms. The number of sulfonamides is 1. The lowest BCUT2D eigenvalue weighted by Gasteiger charge is -2.56. The second-order valence-electron chi connectivity index (χ2n) is 9.14. The number of carbonyl (C=O) groups excluding carboxylic acids is 1. The summed E-state index contributed by atoms with van der Waals surface area (Å²) >= 11 is 0. The molecule has 0 spiro atoms. The summed E-state index contributed by atoms with van der Waals surface area (Å²) in [7, 11) is -3.62. The minimum atomic E-state index is -3.62. The van der Waals surface area contributed by atoms with Crippen LogP contribution in [0.5, 0.6) is 0 Å². The van der Waals surface area contributed by atoms with Gasteiger partial charge in [-0.1, -0.05) is 12.1 Å². The predicted octanol–water partition coefficient (Wildman–Crippen LogP) is 3.46. The smallest absolute Gasteiger partial charge is 0.232 e. The molecule has 1 N–H and O–H groups in total. The van der Waals surface area contributed by atoms with Gasteiger partial charge in [0.05, 0.1) is 11.9 Å². The number of nitrogens with zero attached hydrogens (tertiary/aromatic N) is 1. The highest BCUT2D eigenvalue weighted by molar-refractivity contribution is 7.92. The Hall–Kier alpha value is -1.63.